The van der Waals surface area contributed by atoms with Gasteiger partial charge >= 0.3 is 11.9 Å². The molecule has 0 fully saturated rings. The summed E-state index contributed by atoms with van der Waals surface area (Å²) in [5, 5.41) is 10.1. The maximum absolute atomic E-state index is 11.6. The molecule has 26 heavy (non-hydrogen) atoms. The van der Waals surface area contributed by atoms with E-state index in [1.165, 1.54) is 14.2 Å². The number of esters is 2. The van der Waals surface area contributed by atoms with Gasteiger partial charge in [0.2, 0.25) is 0 Å². The first-order valence-corrected chi connectivity index (χ1v) is 9.91. The van der Waals surface area contributed by atoms with Crippen molar-refractivity contribution in [3.8, 4) is 0 Å². The van der Waals surface area contributed by atoms with Crippen LogP contribution in [0, 0.1) is 10.8 Å². The van der Waals surface area contributed by atoms with Gasteiger partial charge in [-0.05, 0) is 53.4 Å². The molecular weight excluding hydrogens is 332 g/mol. The summed E-state index contributed by atoms with van der Waals surface area (Å²) >= 11 is 0. The highest BCUT2D eigenvalue weighted by atomic mass is 16.5. The highest BCUT2D eigenvalue weighted by Crippen LogP contribution is 2.27. The maximum Gasteiger partial charge on any atom is 0.311 e. The normalized spacial score (nSPS) is 12.3. The average Bonchev–Trinajstić information content (AvgIpc) is 2.59. The number of rotatable bonds is 14. The second kappa shape index (κ2) is 12.3. The molecule has 0 rings (SSSR count). The second-order valence-electron chi connectivity index (χ2n) is 8.60. The Balaban J connectivity index is 3.71. The van der Waals surface area contributed by atoms with E-state index in [-0.39, 0.29) is 18.0 Å². The molecule has 0 bridgehead atoms. The lowest BCUT2D eigenvalue weighted by molar-refractivity contribution is -0.151. The van der Waals surface area contributed by atoms with Gasteiger partial charge in [0.1, 0.15) is 0 Å². The van der Waals surface area contributed by atoms with E-state index in [1.807, 2.05) is 27.7 Å². The number of hydrogen-bond donors (Lipinski definition) is 1. The largest absolute Gasteiger partial charge is 0.469 e. The van der Waals surface area contributed by atoms with Crippen molar-refractivity contribution in [2.75, 3.05) is 14.2 Å². The molecule has 0 saturated heterocycles. The van der Waals surface area contributed by atoms with Crippen LogP contribution in [0.2, 0.25) is 0 Å². The van der Waals surface area contributed by atoms with Crippen LogP contribution in [0.4, 0.5) is 0 Å². The minimum Gasteiger partial charge on any atom is -0.469 e. The molecule has 1 N–H and O–H groups in total. The Morgan fingerprint density at radius 2 is 1.08 bits per heavy atom. The van der Waals surface area contributed by atoms with E-state index in [9.17, 15) is 14.7 Å². The van der Waals surface area contributed by atoms with Crippen molar-refractivity contribution in [3.63, 3.8) is 0 Å². The minimum atomic E-state index is -0.425. The third kappa shape index (κ3) is 10.1. The zero-order valence-electron chi connectivity index (χ0n) is 17.7. The fourth-order valence-corrected chi connectivity index (χ4v) is 3.15. The molecule has 0 atom stereocenters. The van der Waals surface area contributed by atoms with Gasteiger partial charge in [-0.3, -0.25) is 9.59 Å². The summed E-state index contributed by atoms with van der Waals surface area (Å²) in [4.78, 5) is 23.2. The third-order valence-corrected chi connectivity index (χ3v) is 5.15. The van der Waals surface area contributed by atoms with Crippen molar-refractivity contribution < 1.29 is 24.2 Å². The first kappa shape index (κ1) is 24.9. The van der Waals surface area contributed by atoms with Crippen molar-refractivity contribution in [2.45, 2.75) is 98.0 Å². The van der Waals surface area contributed by atoms with Crippen molar-refractivity contribution >= 4 is 11.9 Å². The number of methoxy groups -OCH3 is 2. The zero-order valence-corrected chi connectivity index (χ0v) is 17.7. The van der Waals surface area contributed by atoms with Gasteiger partial charge in [0.25, 0.3) is 0 Å². The molecule has 0 aromatic rings. The molecule has 0 amide bonds. The maximum atomic E-state index is 11.6. The monoisotopic (exact) mass is 372 g/mol. The fourth-order valence-electron chi connectivity index (χ4n) is 3.15. The zero-order chi connectivity index (χ0) is 20.2. The summed E-state index contributed by atoms with van der Waals surface area (Å²) in [5.41, 5.74) is -0.851. The average molecular weight is 373 g/mol. The Kier molecular flexibility index (Phi) is 11.8. The van der Waals surface area contributed by atoms with Crippen LogP contribution in [0.5, 0.6) is 0 Å². The van der Waals surface area contributed by atoms with E-state index >= 15 is 0 Å². The summed E-state index contributed by atoms with van der Waals surface area (Å²) in [7, 11) is 2.85. The Morgan fingerprint density at radius 1 is 0.731 bits per heavy atom. The molecule has 0 aromatic carbocycles. The summed E-state index contributed by atoms with van der Waals surface area (Å²) in [6, 6.07) is 0. The summed E-state index contributed by atoms with van der Waals surface area (Å²) in [6.07, 6.45) is 8.93. The lowest BCUT2D eigenvalue weighted by Crippen LogP contribution is -2.25. The number of carbonyl (C=O) groups is 2. The summed E-state index contributed by atoms with van der Waals surface area (Å²) in [5.74, 6) is -0.319. The molecule has 5 nitrogen and oxygen atoms in total. The predicted octanol–water partition coefficient (Wildman–Crippen LogP) is 4.65. The molecule has 0 heterocycles. The molecular formula is C21H40O5. The van der Waals surface area contributed by atoms with Gasteiger partial charge in [0.05, 0.1) is 31.2 Å². The van der Waals surface area contributed by atoms with Crippen LogP contribution in [0.1, 0.15) is 91.9 Å². The van der Waals surface area contributed by atoms with Crippen LogP contribution >= 0.6 is 0 Å². The number of carbonyl (C=O) groups excluding carboxylic acids is 2. The van der Waals surface area contributed by atoms with Crippen LogP contribution in [-0.2, 0) is 19.1 Å². The van der Waals surface area contributed by atoms with Crippen LogP contribution in [0.3, 0.4) is 0 Å². The second-order valence-corrected chi connectivity index (χ2v) is 8.60. The lowest BCUT2D eigenvalue weighted by Gasteiger charge is -2.21. The van der Waals surface area contributed by atoms with Gasteiger partial charge in [-0.2, -0.15) is 0 Å². The molecule has 0 aliphatic rings. The topological polar surface area (TPSA) is 72.8 Å². The third-order valence-electron chi connectivity index (χ3n) is 5.15. The molecule has 0 aliphatic heterocycles. The van der Waals surface area contributed by atoms with Gasteiger partial charge in [-0.1, -0.05) is 38.5 Å². The quantitative estimate of drug-likeness (QED) is 0.355. The van der Waals surface area contributed by atoms with E-state index in [1.54, 1.807) is 0 Å². The molecule has 0 aliphatic carbocycles. The number of unbranched alkanes of at least 4 members (excludes halogenated alkanes) is 4. The Labute approximate surface area is 159 Å². The number of aliphatic hydroxyl groups excluding tert-OH is 1. The summed E-state index contributed by atoms with van der Waals surface area (Å²) < 4.78 is 9.62. The van der Waals surface area contributed by atoms with E-state index in [0.29, 0.717) is 0 Å². The summed E-state index contributed by atoms with van der Waals surface area (Å²) in [6.45, 7) is 7.65. The van der Waals surface area contributed by atoms with E-state index in [4.69, 9.17) is 9.47 Å². The van der Waals surface area contributed by atoms with Crippen molar-refractivity contribution in [1.29, 1.82) is 0 Å². The van der Waals surface area contributed by atoms with E-state index < -0.39 is 10.8 Å². The van der Waals surface area contributed by atoms with Crippen LogP contribution in [0.25, 0.3) is 0 Å². The van der Waals surface area contributed by atoms with E-state index in [2.05, 4.69) is 0 Å². The lowest BCUT2D eigenvalue weighted by atomic mass is 9.86. The van der Waals surface area contributed by atoms with Crippen molar-refractivity contribution in [2.24, 2.45) is 10.8 Å². The first-order valence-electron chi connectivity index (χ1n) is 9.91. The standard InChI is InChI=1S/C21H40O5/c1-20(2,18(23)25-5)15-11-7-9-13-17(22)14-10-8-12-16-21(3,4)19(24)26-6/h17,22H,7-16H2,1-6H3. The van der Waals surface area contributed by atoms with Gasteiger partial charge < -0.3 is 14.6 Å². The van der Waals surface area contributed by atoms with Gasteiger partial charge in [0, 0.05) is 0 Å². The number of hydrogen-bond acceptors (Lipinski definition) is 5. The Morgan fingerprint density at radius 3 is 1.38 bits per heavy atom. The Hall–Kier alpha value is -1.10. The predicted molar refractivity (Wildman–Crippen MR) is 104 cm³/mol. The highest BCUT2D eigenvalue weighted by molar-refractivity contribution is 5.76. The van der Waals surface area contributed by atoms with Gasteiger partial charge in [-0.25, -0.2) is 0 Å². The van der Waals surface area contributed by atoms with Gasteiger partial charge in [0.15, 0.2) is 0 Å². The fraction of sp³-hybridized carbons (Fsp3) is 0.905. The van der Waals surface area contributed by atoms with Crippen LogP contribution < -0.4 is 0 Å². The smallest absolute Gasteiger partial charge is 0.311 e. The van der Waals surface area contributed by atoms with Crippen molar-refractivity contribution in [3.05, 3.63) is 0 Å². The molecule has 0 unspecified atom stereocenters. The van der Waals surface area contributed by atoms with Crippen LogP contribution in [0.15, 0.2) is 0 Å². The van der Waals surface area contributed by atoms with Crippen LogP contribution in [-0.4, -0.2) is 37.4 Å². The molecule has 0 radical (unpaired) electrons. The molecule has 0 aromatic heterocycles. The molecule has 0 saturated carbocycles. The molecule has 0 spiro atoms. The highest BCUT2D eigenvalue weighted by Gasteiger charge is 2.28. The molecule has 154 valence electrons. The SMILES string of the molecule is COC(=O)C(C)(C)CCCCCC(O)CCCCCC(C)(C)C(=O)OC. The van der Waals surface area contributed by atoms with E-state index in [0.717, 1.165) is 64.2 Å². The van der Waals surface area contributed by atoms with Gasteiger partial charge in [-0.15, -0.1) is 0 Å². The molecule has 5 heteroatoms. The number of ether oxygens (including phenoxy) is 2. The number of aliphatic hydroxyl groups is 1. The first-order chi connectivity index (χ1) is 12.1. The minimum absolute atomic E-state index is 0.159. The van der Waals surface area contributed by atoms with Crippen molar-refractivity contribution in [1.82, 2.24) is 0 Å². The Bertz CT molecular complexity index is 377.